The summed E-state index contributed by atoms with van der Waals surface area (Å²) >= 11 is 0. The quantitative estimate of drug-likeness (QED) is 0.737. The lowest BCUT2D eigenvalue weighted by molar-refractivity contribution is -0.208. The topological polar surface area (TPSA) is 84.9 Å². The van der Waals surface area contributed by atoms with Crippen LogP contribution in [0.1, 0.15) is 50.0 Å². The van der Waals surface area contributed by atoms with E-state index in [0.717, 1.165) is 36.8 Å². The number of benzene rings is 1. The molecule has 1 N–H and O–H groups in total. The van der Waals surface area contributed by atoms with Crippen molar-refractivity contribution in [3.8, 4) is 5.75 Å². The first kappa shape index (κ1) is 22.4. The molecule has 3 heterocycles. The molecule has 0 spiro atoms. The van der Waals surface area contributed by atoms with Gasteiger partial charge >= 0.3 is 12.0 Å². The van der Waals surface area contributed by atoms with Gasteiger partial charge in [0.1, 0.15) is 5.75 Å². The van der Waals surface area contributed by atoms with Gasteiger partial charge in [-0.25, -0.2) is 13.1 Å². The Balaban J connectivity index is 1.70. The normalized spacial score (nSPS) is 31.5. The molecular formula is C21H28F2N2O5S. The molecule has 3 aliphatic heterocycles. The van der Waals surface area contributed by atoms with Gasteiger partial charge in [0.05, 0.1) is 25.0 Å². The molecular weight excluding hydrogens is 430 g/mol. The molecule has 1 aliphatic carbocycles. The largest absolute Gasteiger partial charge is 0.482 e. The molecule has 7 nitrogen and oxygen atoms in total. The van der Waals surface area contributed by atoms with Gasteiger partial charge in [0, 0.05) is 12.6 Å². The van der Waals surface area contributed by atoms with Gasteiger partial charge < -0.3 is 14.4 Å². The van der Waals surface area contributed by atoms with E-state index in [1.807, 2.05) is 0 Å². The predicted molar refractivity (Wildman–Crippen MR) is 109 cm³/mol. The van der Waals surface area contributed by atoms with Gasteiger partial charge in [-0.1, -0.05) is 18.2 Å². The van der Waals surface area contributed by atoms with Crippen molar-refractivity contribution in [2.24, 2.45) is 0 Å². The summed E-state index contributed by atoms with van der Waals surface area (Å²) in [4.78, 5) is 13.9. The minimum Gasteiger partial charge on any atom is -0.425 e. The van der Waals surface area contributed by atoms with Crippen molar-refractivity contribution in [3.05, 3.63) is 29.8 Å². The number of carbonyl (C=O) groups is 1. The SMILES string of the molecule is CS(=O)(=O)N[C@H]1CCCN2C(=O)C(F)(F)Oc3ccccc3[C@H]3CC[C@H](CC3)OC[C@@H]12. The van der Waals surface area contributed by atoms with E-state index in [1.165, 1.54) is 6.07 Å². The number of amides is 1. The van der Waals surface area contributed by atoms with Crippen LogP contribution in [0.5, 0.6) is 5.75 Å². The minimum atomic E-state index is -4.08. The molecule has 2 fully saturated rings. The van der Waals surface area contributed by atoms with E-state index < -0.39 is 34.1 Å². The number of piperidine rings is 1. The average Bonchev–Trinajstić information content (AvgIpc) is 2.72. The number of ether oxygens (including phenoxy) is 2. The number of halogens is 2. The summed E-state index contributed by atoms with van der Waals surface area (Å²) in [5.74, 6) is -1.39. The second kappa shape index (κ2) is 8.63. The molecule has 1 aromatic carbocycles. The number of hydrogen-bond acceptors (Lipinski definition) is 5. The fourth-order valence-corrected chi connectivity index (χ4v) is 5.79. The zero-order valence-electron chi connectivity index (χ0n) is 17.4. The summed E-state index contributed by atoms with van der Waals surface area (Å²) in [5, 5.41) is 0. The van der Waals surface area contributed by atoms with Gasteiger partial charge in [0.15, 0.2) is 0 Å². The molecule has 2 bridgehead atoms. The number of alkyl halides is 2. The van der Waals surface area contributed by atoms with Crippen molar-refractivity contribution in [3.63, 3.8) is 0 Å². The van der Waals surface area contributed by atoms with Crippen LogP contribution in [0.25, 0.3) is 0 Å². The Morgan fingerprint density at radius 2 is 1.84 bits per heavy atom. The first-order valence-corrected chi connectivity index (χ1v) is 12.6. The number of carbonyl (C=O) groups excluding carboxylic acids is 1. The fraction of sp³-hybridized carbons (Fsp3) is 0.667. The summed E-state index contributed by atoms with van der Waals surface area (Å²) in [7, 11) is -3.59. The number of nitrogens with one attached hydrogen (secondary N) is 1. The van der Waals surface area contributed by atoms with Crippen LogP contribution in [0.2, 0.25) is 0 Å². The van der Waals surface area contributed by atoms with Gasteiger partial charge in [-0.2, -0.15) is 8.78 Å². The molecule has 0 radical (unpaired) electrons. The Kier molecular flexibility index (Phi) is 6.24. The van der Waals surface area contributed by atoms with Crippen molar-refractivity contribution < 1.29 is 31.5 Å². The smallest absolute Gasteiger partial charge is 0.425 e. The number of para-hydroxylation sites is 1. The molecule has 5 rings (SSSR count). The molecule has 1 saturated heterocycles. The van der Waals surface area contributed by atoms with Crippen LogP contribution in [0.4, 0.5) is 8.78 Å². The second-order valence-electron chi connectivity index (χ2n) is 8.67. The maximum atomic E-state index is 15.1. The van der Waals surface area contributed by atoms with Crippen molar-refractivity contribution in [2.45, 2.75) is 68.7 Å². The molecule has 2 atom stereocenters. The molecule has 1 aromatic rings. The van der Waals surface area contributed by atoms with E-state index in [2.05, 4.69) is 4.72 Å². The molecule has 172 valence electrons. The van der Waals surface area contributed by atoms with Crippen LogP contribution >= 0.6 is 0 Å². The van der Waals surface area contributed by atoms with Gasteiger partial charge in [-0.05, 0) is 56.1 Å². The van der Waals surface area contributed by atoms with Crippen molar-refractivity contribution in [2.75, 3.05) is 19.4 Å². The maximum Gasteiger partial charge on any atom is 0.482 e. The lowest BCUT2D eigenvalue weighted by Crippen LogP contribution is -2.62. The highest BCUT2D eigenvalue weighted by Gasteiger charge is 2.50. The summed E-state index contributed by atoms with van der Waals surface area (Å²) < 4.78 is 67.4. The van der Waals surface area contributed by atoms with Gasteiger partial charge in [0.25, 0.3) is 0 Å². The minimum absolute atomic E-state index is 0.00269. The van der Waals surface area contributed by atoms with Crippen LogP contribution in [0, 0.1) is 0 Å². The molecule has 31 heavy (non-hydrogen) atoms. The first-order valence-electron chi connectivity index (χ1n) is 10.7. The van der Waals surface area contributed by atoms with Crippen molar-refractivity contribution >= 4 is 15.9 Å². The Morgan fingerprint density at radius 1 is 1.13 bits per heavy atom. The van der Waals surface area contributed by atoms with Crippen LogP contribution in [-0.2, 0) is 19.6 Å². The third-order valence-electron chi connectivity index (χ3n) is 6.43. The van der Waals surface area contributed by atoms with Gasteiger partial charge in [-0.3, -0.25) is 4.79 Å². The molecule has 0 aromatic heterocycles. The fourth-order valence-electron chi connectivity index (χ4n) is 4.96. The average molecular weight is 459 g/mol. The summed E-state index contributed by atoms with van der Waals surface area (Å²) in [6, 6.07) is 5.11. The zero-order chi connectivity index (χ0) is 22.2. The van der Waals surface area contributed by atoms with E-state index in [1.54, 1.807) is 18.2 Å². The van der Waals surface area contributed by atoms with Gasteiger partial charge in [-0.15, -0.1) is 0 Å². The number of hydrogen-bond donors (Lipinski definition) is 1. The Bertz CT molecular complexity index is 918. The van der Waals surface area contributed by atoms with E-state index in [4.69, 9.17) is 9.47 Å². The number of nitrogens with zero attached hydrogens (tertiary/aromatic N) is 1. The standard InChI is InChI=1S/C21H28F2N2O5S/c1-31(27,28)24-17-6-4-12-25-18(17)13-29-15-10-8-14(9-11-15)16-5-2-3-7-19(16)30-21(22,23)20(25)26/h2-3,5,7,14-15,17-18,24H,4,6,8-13H2,1H3/t14-,15+,17-,18-/m0/s1. The number of rotatable bonds is 2. The third kappa shape index (κ3) is 5.01. The summed E-state index contributed by atoms with van der Waals surface area (Å²) in [6.07, 6.45) is 0.787. The second-order valence-corrected chi connectivity index (χ2v) is 10.4. The van der Waals surface area contributed by atoms with Crippen LogP contribution in [-0.4, -0.2) is 62.9 Å². The number of sulfonamides is 1. The monoisotopic (exact) mass is 458 g/mol. The van der Waals surface area contributed by atoms with Gasteiger partial charge in [0.2, 0.25) is 10.0 Å². The Hall–Kier alpha value is -1.78. The van der Waals surface area contributed by atoms with Crippen LogP contribution in [0.15, 0.2) is 24.3 Å². The Morgan fingerprint density at radius 3 is 2.55 bits per heavy atom. The lowest BCUT2D eigenvalue weighted by Gasteiger charge is -2.42. The zero-order valence-corrected chi connectivity index (χ0v) is 18.2. The maximum absolute atomic E-state index is 15.1. The molecule has 1 amide bonds. The van der Waals surface area contributed by atoms with E-state index in [0.29, 0.717) is 18.4 Å². The van der Waals surface area contributed by atoms with E-state index in [9.17, 15) is 13.2 Å². The van der Waals surface area contributed by atoms with E-state index in [-0.39, 0.29) is 30.9 Å². The van der Waals surface area contributed by atoms with Crippen LogP contribution in [0.3, 0.4) is 0 Å². The highest BCUT2D eigenvalue weighted by molar-refractivity contribution is 7.88. The Labute approximate surface area is 181 Å². The molecule has 1 saturated carbocycles. The molecule has 10 heteroatoms. The molecule has 0 unspecified atom stereocenters. The highest BCUT2D eigenvalue weighted by atomic mass is 32.2. The van der Waals surface area contributed by atoms with Crippen LogP contribution < -0.4 is 9.46 Å². The first-order chi connectivity index (χ1) is 14.6. The van der Waals surface area contributed by atoms with Crippen molar-refractivity contribution in [1.82, 2.24) is 9.62 Å². The number of fused-ring (bicyclic) bond motifs is 5. The predicted octanol–water partition coefficient (Wildman–Crippen LogP) is 2.62. The summed E-state index contributed by atoms with van der Waals surface area (Å²) in [6.45, 7) is 0.0833. The highest BCUT2D eigenvalue weighted by Crippen LogP contribution is 2.40. The third-order valence-corrected chi connectivity index (χ3v) is 7.16. The van der Waals surface area contributed by atoms with E-state index >= 15 is 8.78 Å². The lowest BCUT2D eigenvalue weighted by atomic mass is 9.82. The van der Waals surface area contributed by atoms with Crippen molar-refractivity contribution in [1.29, 1.82) is 0 Å². The summed E-state index contributed by atoms with van der Waals surface area (Å²) in [5.41, 5.74) is 0.680. The molecule has 4 aliphatic rings.